The summed E-state index contributed by atoms with van der Waals surface area (Å²) < 4.78 is 53.0. The van der Waals surface area contributed by atoms with Crippen molar-refractivity contribution in [1.29, 1.82) is 0 Å². The molecule has 0 atom stereocenters. The van der Waals surface area contributed by atoms with Crippen LogP contribution in [0.3, 0.4) is 0 Å². The van der Waals surface area contributed by atoms with Gasteiger partial charge in [0.05, 0.1) is 41.4 Å². The number of halogens is 3. The number of amides is 1. The van der Waals surface area contributed by atoms with Gasteiger partial charge in [0.1, 0.15) is 23.6 Å². The third kappa shape index (κ3) is 6.47. The van der Waals surface area contributed by atoms with Crippen LogP contribution in [0, 0.1) is 13.8 Å². The van der Waals surface area contributed by atoms with Crippen molar-refractivity contribution in [1.82, 2.24) is 19.7 Å². The van der Waals surface area contributed by atoms with Crippen molar-refractivity contribution in [2.45, 2.75) is 26.6 Å². The van der Waals surface area contributed by atoms with Gasteiger partial charge in [-0.25, -0.2) is 14.6 Å². The van der Waals surface area contributed by atoms with Crippen LogP contribution in [0.4, 0.5) is 24.7 Å². The molecule has 0 spiro atoms. The molecule has 6 aromatic rings. The van der Waals surface area contributed by atoms with Gasteiger partial charge in [-0.3, -0.25) is 4.79 Å². The first-order valence-electron chi connectivity index (χ1n) is 14.4. The standard InChI is InChI=1S/C34H29F3N6O3S/c1-19-8-10-24(41-33(44)21-6-5-7-23(12-21)34(35,36)37)13-28(19)43-16-26(20(2)42-43)27-17-47-31-30(27)39-18-40-32(31)38-15-22-9-11-25(45-3)14-29(22)46-4/h5-14,16-18H,15H2,1-4H3,(H,41,44)(H,38,39,40). The minimum absolute atomic E-state index is 0.0949. The Balaban J connectivity index is 1.25. The Morgan fingerprint density at radius 2 is 1.81 bits per heavy atom. The van der Waals surface area contributed by atoms with Crippen LogP contribution >= 0.6 is 11.3 Å². The number of rotatable bonds is 9. The molecule has 0 fully saturated rings. The Morgan fingerprint density at radius 3 is 2.57 bits per heavy atom. The number of hydrogen-bond acceptors (Lipinski definition) is 8. The predicted octanol–water partition coefficient (Wildman–Crippen LogP) is 8.06. The first-order valence-corrected chi connectivity index (χ1v) is 15.3. The highest BCUT2D eigenvalue weighted by Gasteiger charge is 2.31. The van der Waals surface area contributed by atoms with Crippen molar-refractivity contribution in [2.75, 3.05) is 24.9 Å². The van der Waals surface area contributed by atoms with Crippen molar-refractivity contribution < 1.29 is 27.4 Å². The van der Waals surface area contributed by atoms with E-state index in [-0.39, 0.29) is 5.56 Å². The molecule has 1 amide bonds. The van der Waals surface area contributed by atoms with Crippen LogP contribution in [-0.4, -0.2) is 39.9 Å². The van der Waals surface area contributed by atoms with Gasteiger partial charge in [0.25, 0.3) is 5.91 Å². The molecule has 6 rings (SSSR count). The van der Waals surface area contributed by atoms with E-state index >= 15 is 0 Å². The number of nitrogens with zero attached hydrogens (tertiary/aromatic N) is 4. The topological polar surface area (TPSA) is 103 Å². The number of carbonyl (C=O) groups is 1. The summed E-state index contributed by atoms with van der Waals surface area (Å²) in [5, 5.41) is 12.9. The van der Waals surface area contributed by atoms with E-state index in [0.717, 1.165) is 50.3 Å². The molecule has 0 unspecified atom stereocenters. The molecule has 240 valence electrons. The number of aromatic nitrogens is 4. The van der Waals surface area contributed by atoms with Crippen molar-refractivity contribution >= 4 is 39.0 Å². The molecular formula is C34H29F3N6O3S. The minimum atomic E-state index is -4.55. The fourth-order valence-corrected chi connectivity index (χ4v) is 6.15. The Bertz CT molecular complexity index is 2110. The fraction of sp³-hybridized carbons (Fsp3) is 0.176. The van der Waals surface area contributed by atoms with E-state index < -0.39 is 17.6 Å². The van der Waals surface area contributed by atoms with E-state index in [1.54, 1.807) is 31.0 Å². The van der Waals surface area contributed by atoms with Gasteiger partial charge in [-0.2, -0.15) is 18.3 Å². The van der Waals surface area contributed by atoms with Crippen molar-refractivity contribution in [3.63, 3.8) is 0 Å². The lowest BCUT2D eigenvalue weighted by Crippen LogP contribution is -2.14. The van der Waals surface area contributed by atoms with Crippen LogP contribution in [-0.2, 0) is 12.7 Å². The second-order valence-corrected chi connectivity index (χ2v) is 11.6. The second kappa shape index (κ2) is 12.8. The van der Waals surface area contributed by atoms with E-state index in [4.69, 9.17) is 14.6 Å². The smallest absolute Gasteiger partial charge is 0.416 e. The van der Waals surface area contributed by atoms with Crippen LogP contribution in [0.5, 0.6) is 11.5 Å². The van der Waals surface area contributed by atoms with Crippen LogP contribution in [0.1, 0.15) is 32.7 Å². The molecule has 3 aromatic carbocycles. The van der Waals surface area contributed by atoms with Crippen molar-refractivity contribution in [2.24, 2.45) is 0 Å². The molecule has 3 heterocycles. The highest BCUT2D eigenvalue weighted by atomic mass is 32.1. The van der Waals surface area contributed by atoms with Crippen molar-refractivity contribution in [3.05, 3.63) is 107 Å². The predicted molar refractivity (Wildman–Crippen MR) is 176 cm³/mol. The largest absolute Gasteiger partial charge is 0.497 e. The first-order chi connectivity index (χ1) is 22.5. The lowest BCUT2D eigenvalue weighted by molar-refractivity contribution is -0.137. The zero-order chi connectivity index (χ0) is 33.3. The summed E-state index contributed by atoms with van der Waals surface area (Å²) >= 11 is 1.52. The third-order valence-corrected chi connectivity index (χ3v) is 8.63. The Labute approximate surface area is 272 Å². The molecule has 0 aliphatic carbocycles. The van der Waals surface area contributed by atoms with Crippen molar-refractivity contribution in [3.8, 4) is 28.3 Å². The number of ether oxygens (including phenoxy) is 2. The molecule has 13 heteroatoms. The maximum absolute atomic E-state index is 13.2. The van der Waals surface area contributed by atoms with Gasteiger partial charge in [0, 0.05) is 52.1 Å². The van der Waals surface area contributed by atoms with Gasteiger partial charge in [-0.1, -0.05) is 12.1 Å². The maximum Gasteiger partial charge on any atom is 0.416 e. The average Bonchev–Trinajstić information content (AvgIpc) is 3.67. The number of carbonyl (C=O) groups excluding carboxylic acids is 1. The number of hydrogen-bond donors (Lipinski definition) is 2. The van der Waals surface area contributed by atoms with Crippen LogP contribution in [0.2, 0.25) is 0 Å². The van der Waals surface area contributed by atoms with Crippen LogP contribution in [0.15, 0.2) is 78.6 Å². The van der Waals surface area contributed by atoms with Gasteiger partial charge in [0.15, 0.2) is 0 Å². The zero-order valence-electron chi connectivity index (χ0n) is 25.8. The number of thiophene rings is 1. The highest BCUT2D eigenvalue weighted by Crippen LogP contribution is 2.38. The Hall–Kier alpha value is -5.43. The lowest BCUT2D eigenvalue weighted by atomic mass is 10.1. The molecule has 2 N–H and O–H groups in total. The maximum atomic E-state index is 13.2. The number of nitrogens with one attached hydrogen (secondary N) is 2. The van der Waals surface area contributed by atoms with Gasteiger partial charge in [-0.05, 0) is 61.9 Å². The second-order valence-electron chi connectivity index (χ2n) is 10.7. The van der Waals surface area contributed by atoms with Gasteiger partial charge in [0.2, 0.25) is 0 Å². The quantitative estimate of drug-likeness (QED) is 0.162. The molecule has 3 aromatic heterocycles. The molecule has 9 nitrogen and oxygen atoms in total. The lowest BCUT2D eigenvalue weighted by Gasteiger charge is -2.12. The van der Waals surface area contributed by atoms with E-state index in [2.05, 4.69) is 20.6 Å². The molecule has 0 aliphatic heterocycles. The van der Waals surface area contributed by atoms with E-state index in [1.807, 2.05) is 49.7 Å². The zero-order valence-corrected chi connectivity index (χ0v) is 26.6. The monoisotopic (exact) mass is 658 g/mol. The van der Waals surface area contributed by atoms with Crippen LogP contribution in [0.25, 0.3) is 27.0 Å². The Morgan fingerprint density at radius 1 is 0.979 bits per heavy atom. The van der Waals surface area contributed by atoms with Gasteiger partial charge < -0.3 is 20.1 Å². The fourth-order valence-electron chi connectivity index (χ4n) is 5.17. The molecule has 0 saturated carbocycles. The highest BCUT2D eigenvalue weighted by molar-refractivity contribution is 7.18. The van der Waals surface area contributed by atoms with Gasteiger partial charge in [-0.15, -0.1) is 11.3 Å². The Kier molecular flexibility index (Phi) is 8.56. The van der Waals surface area contributed by atoms with Gasteiger partial charge >= 0.3 is 6.18 Å². The molecule has 47 heavy (non-hydrogen) atoms. The minimum Gasteiger partial charge on any atom is -0.497 e. The first kappa shape index (κ1) is 31.5. The molecule has 0 aliphatic rings. The normalized spacial score (nSPS) is 11.5. The number of aryl methyl sites for hydroxylation is 2. The number of benzene rings is 3. The van der Waals surface area contributed by atoms with E-state index in [1.165, 1.54) is 29.8 Å². The summed E-state index contributed by atoms with van der Waals surface area (Å²) in [5.74, 6) is 1.44. The number of methoxy groups -OCH3 is 2. The molecule has 0 radical (unpaired) electrons. The summed E-state index contributed by atoms with van der Waals surface area (Å²) in [6.45, 7) is 4.29. The number of alkyl halides is 3. The average molecular weight is 659 g/mol. The summed E-state index contributed by atoms with van der Waals surface area (Å²) in [4.78, 5) is 21.9. The summed E-state index contributed by atoms with van der Waals surface area (Å²) in [7, 11) is 3.22. The van der Waals surface area contributed by atoms with E-state index in [9.17, 15) is 18.0 Å². The molecular weight excluding hydrogens is 629 g/mol. The summed E-state index contributed by atoms with van der Waals surface area (Å²) in [6.07, 6.45) is -1.13. The third-order valence-electron chi connectivity index (χ3n) is 7.65. The van der Waals surface area contributed by atoms with Crippen LogP contribution < -0.4 is 20.1 Å². The summed E-state index contributed by atoms with van der Waals surface area (Å²) in [5.41, 5.74) is 5.26. The number of anilines is 2. The van der Waals surface area contributed by atoms with E-state index in [0.29, 0.717) is 35.2 Å². The molecule has 0 bridgehead atoms. The summed E-state index contributed by atoms with van der Waals surface area (Å²) in [6, 6.07) is 15.2. The number of fused-ring (bicyclic) bond motifs is 1. The SMILES string of the molecule is COc1ccc(CNc2ncnc3c(-c4cn(-c5cc(NC(=O)c6cccc(C(F)(F)F)c6)ccc5C)nc4C)csc23)c(OC)c1. The molecule has 0 saturated heterocycles.